The summed E-state index contributed by atoms with van der Waals surface area (Å²) in [5, 5.41) is 13.1. The number of carboxylic acids is 1. The van der Waals surface area contributed by atoms with E-state index in [0.29, 0.717) is 30.5 Å². The van der Waals surface area contributed by atoms with Crippen LogP contribution >= 0.6 is 0 Å². The first-order valence-electron chi connectivity index (χ1n) is 6.65. The minimum Gasteiger partial charge on any atom is -0.490 e. The van der Waals surface area contributed by atoms with Gasteiger partial charge in [-0.25, -0.2) is 14.5 Å². The lowest BCUT2D eigenvalue weighted by Crippen LogP contribution is -2.08. The van der Waals surface area contributed by atoms with E-state index in [9.17, 15) is 4.79 Å². The lowest BCUT2D eigenvalue weighted by atomic mass is 10.2. The number of aromatic carboxylic acids is 1. The van der Waals surface area contributed by atoms with Gasteiger partial charge in [-0.3, -0.25) is 0 Å². The Morgan fingerprint density at radius 1 is 1.29 bits per heavy atom. The molecule has 1 heterocycles. The number of rotatable bonds is 7. The molecule has 0 aliphatic carbocycles. The van der Waals surface area contributed by atoms with Crippen molar-refractivity contribution in [2.24, 2.45) is 0 Å². The molecule has 0 aliphatic heterocycles. The molecule has 1 aromatic heterocycles. The SMILES string of the molecule is CCOc1cc(C(=O)O)ccc1OCc1ncnn1CC. The molecule has 21 heavy (non-hydrogen) atoms. The number of benzene rings is 1. The summed E-state index contributed by atoms with van der Waals surface area (Å²) in [4.78, 5) is 15.1. The van der Waals surface area contributed by atoms with E-state index in [4.69, 9.17) is 14.6 Å². The van der Waals surface area contributed by atoms with Crippen LogP contribution in [0.4, 0.5) is 0 Å². The van der Waals surface area contributed by atoms with Crippen molar-refractivity contribution < 1.29 is 19.4 Å². The summed E-state index contributed by atoms with van der Waals surface area (Å²) in [6.45, 7) is 5.15. The third kappa shape index (κ3) is 3.50. The van der Waals surface area contributed by atoms with E-state index >= 15 is 0 Å². The molecular weight excluding hydrogens is 274 g/mol. The van der Waals surface area contributed by atoms with E-state index in [0.717, 1.165) is 0 Å². The smallest absolute Gasteiger partial charge is 0.335 e. The minimum absolute atomic E-state index is 0.155. The average molecular weight is 291 g/mol. The van der Waals surface area contributed by atoms with Crippen LogP contribution in [0.3, 0.4) is 0 Å². The molecule has 0 amide bonds. The Kier molecular flexibility index (Phi) is 4.76. The number of hydrogen-bond acceptors (Lipinski definition) is 5. The van der Waals surface area contributed by atoms with Crippen molar-refractivity contribution in [3.05, 3.63) is 35.9 Å². The Bertz CT molecular complexity index is 624. The van der Waals surface area contributed by atoms with Crippen LogP contribution in [0, 0.1) is 0 Å². The first-order valence-corrected chi connectivity index (χ1v) is 6.65. The summed E-state index contributed by atoms with van der Waals surface area (Å²) in [5.41, 5.74) is 0.155. The zero-order chi connectivity index (χ0) is 15.2. The van der Waals surface area contributed by atoms with Gasteiger partial charge in [0, 0.05) is 6.54 Å². The van der Waals surface area contributed by atoms with Crippen molar-refractivity contribution in [2.75, 3.05) is 6.61 Å². The fourth-order valence-corrected chi connectivity index (χ4v) is 1.83. The molecule has 7 heteroatoms. The molecule has 0 aliphatic rings. The van der Waals surface area contributed by atoms with Gasteiger partial charge in [0.1, 0.15) is 12.9 Å². The van der Waals surface area contributed by atoms with Crippen LogP contribution in [0.25, 0.3) is 0 Å². The first kappa shape index (κ1) is 14.8. The molecule has 0 radical (unpaired) electrons. The van der Waals surface area contributed by atoms with Gasteiger partial charge in [0.2, 0.25) is 0 Å². The zero-order valence-corrected chi connectivity index (χ0v) is 11.9. The van der Waals surface area contributed by atoms with Gasteiger partial charge in [0.25, 0.3) is 0 Å². The van der Waals surface area contributed by atoms with Gasteiger partial charge in [0.15, 0.2) is 17.3 Å². The van der Waals surface area contributed by atoms with Gasteiger partial charge < -0.3 is 14.6 Å². The molecular formula is C14H17N3O4. The highest BCUT2D eigenvalue weighted by atomic mass is 16.5. The molecule has 0 spiro atoms. The summed E-state index contributed by atoms with van der Waals surface area (Å²) < 4.78 is 12.8. The van der Waals surface area contributed by atoms with Crippen LogP contribution in [0.2, 0.25) is 0 Å². The maximum atomic E-state index is 11.0. The van der Waals surface area contributed by atoms with E-state index in [-0.39, 0.29) is 12.2 Å². The fraction of sp³-hybridized carbons (Fsp3) is 0.357. The monoisotopic (exact) mass is 291 g/mol. The summed E-state index contributed by atoms with van der Waals surface area (Å²) in [5.74, 6) is 0.572. The number of carboxylic acid groups (broad SMARTS) is 1. The largest absolute Gasteiger partial charge is 0.490 e. The van der Waals surface area contributed by atoms with E-state index in [2.05, 4.69) is 10.1 Å². The normalized spacial score (nSPS) is 10.4. The summed E-state index contributed by atoms with van der Waals surface area (Å²) in [6, 6.07) is 4.51. The van der Waals surface area contributed by atoms with E-state index < -0.39 is 5.97 Å². The highest BCUT2D eigenvalue weighted by Gasteiger charge is 2.12. The van der Waals surface area contributed by atoms with Gasteiger partial charge in [-0.2, -0.15) is 5.10 Å². The molecule has 0 saturated carbocycles. The molecule has 0 atom stereocenters. The van der Waals surface area contributed by atoms with Gasteiger partial charge >= 0.3 is 5.97 Å². The number of ether oxygens (including phenoxy) is 2. The maximum Gasteiger partial charge on any atom is 0.335 e. The van der Waals surface area contributed by atoms with Crippen LogP contribution in [0.5, 0.6) is 11.5 Å². The molecule has 0 saturated heterocycles. The molecule has 0 fully saturated rings. The molecule has 2 aromatic rings. The van der Waals surface area contributed by atoms with Crippen molar-refractivity contribution in [2.45, 2.75) is 27.0 Å². The van der Waals surface area contributed by atoms with Crippen LogP contribution in [-0.2, 0) is 13.2 Å². The van der Waals surface area contributed by atoms with Gasteiger partial charge in [-0.1, -0.05) is 0 Å². The Labute approximate surface area is 122 Å². The van der Waals surface area contributed by atoms with Crippen molar-refractivity contribution in [3.8, 4) is 11.5 Å². The van der Waals surface area contributed by atoms with Crippen molar-refractivity contribution in [3.63, 3.8) is 0 Å². The maximum absolute atomic E-state index is 11.0. The average Bonchev–Trinajstić information content (AvgIpc) is 2.93. The Morgan fingerprint density at radius 2 is 2.10 bits per heavy atom. The zero-order valence-electron chi connectivity index (χ0n) is 11.9. The number of nitrogens with zero attached hydrogens (tertiary/aromatic N) is 3. The fourth-order valence-electron chi connectivity index (χ4n) is 1.83. The summed E-state index contributed by atoms with van der Waals surface area (Å²) in [6.07, 6.45) is 1.47. The standard InChI is InChI=1S/C14H17N3O4/c1-3-17-13(15-9-16-17)8-21-11-6-5-10(14(18)19)7-12(11)20-4-2/h5-7,9H,3-4,8H2,1-2H3,(H,18,19). The van der Waals surface area contributed by atoms with Crippen molar-refractivity contribution >= 4 is 5.97 Å². The number of carbonyl (C=O) groups is 1. The summed E-state index contributed by atoms with van der Waals surface area (Å²) >= 11 is 0. The highest BCUT2D eigenvalue weighted by molar-refractivity contribution is 5.88. The summed E-state index contributed by atoms with van der Waals surface area (Å²) in [7, 11) is 0. The second-order valence-corrected chi connectivity index (χ2v) is 4.18. The van der Waals surface area contributed by atoms with Gasteiger partial charge in [-0.15, -0.1) is 0 Å². The lowest BCUT2D eigenvalue weighted by Gasteiger charge is -2.12. The number of aryl methyl sites for hydroxylation is 1. The molecule has 0 unspecified atom stereocenters. The predicted octanol–water partition coefficient (Wildman–Crippen LogP) is 1.97. The van der Waals surface area contributed by atoms with Crippen LogP contribution in [0.1, 0.15) is 30.0 Å². The predicted molar refractivity (Wildman–Crippen MR) is 74.6 cm³/mol. The Hall–Kier alpha value is -2.57. The van der Waals surface area contributed by atoms with Gasteiger partial charge in [0.05, 0.1) is 12.2 Å². The van der Waals surface area contributed by atoms with Crippen LogP contribution in [0.15, 0.2) is 24.5 Å². The Balaban J connectivity index is 2.17. The molecule has 0 bridgehead atoms. The molecule has 1 N–H and O–H groups in total. The molecule has 112 valence electrons. The van der Waals surface area contributed by atoms with Crippen molar-refractivity contribution in [1.29, 1.82) is 0 Å². The second-order valence-electron chi connectivity index (χ2n) is 4.18. The second kappa shape index (κ2) is 6.74. The molecule has 7 nitrogen and oxygen atoms in total. The topological polar surface area (TPSA) is 86.5 Å². The lowest BCUT2D eigenvalue weighted by molar-refractivity contribution is 0.0696. The molecule has 1 aromatic carbocycles. The minimum atomic E-state index is -1.01. The van der Waals surface area contributed by atoms with E-state index in [1.165, 1.54) is 18.5 Å². The quantitative estimate of drug-likeness (QED) is 0.839. The van der Waals surface area contributed by atoms with Crippen LogP contribution in [-0.4, -0.2) is 32.4 Å². The third-order valence-electron chi connectivity index (χ3n) is 2.84. The van der Waals surface area contributed by atoms with Gasteiger partial charge in [-0.05, 0) is 32.0 Å². The number of hydrogen-bond donors (Lipinski definition) is 1. The third-order valence-corrected chi connectivity index (χ3v) is 2.84. The van der Waals surface area contributed by atoms with Crippen LogP contribution < -0.4 is 9.47 Å². The Morgan fingerprint density at radius 3 is 2.76 bits per heavy atom. The first-order chi connectivity index (χ1) is 10.2. The van der Waals surface area contributed by atoms with Crippen molar-refractivity contribution in [1.82, 2.24) is 14.8 Å². The van der Waals surface area contributed by atoms with E-state index in [1.54, 1.807) is 10.7 Å². The molecule has 2 rings (SSSR count). The van der Waals surface area contributed by atoms with E-state index in [1.807, 2.05) is 13.8 Å². The highest BCUT2D eigenvalue weighted by Crippen LogP contribution is 2.29. The number of aromatic nitrogens is 3.